The molecule has 2 aliphatic rings. The van der Waals surface area contributed by atoms with E-state index in [1.807, 2.05) is 0 Å². The number of alkyl halides is 3. The number of likely N-dealkylation sites (tertiary alicyclic amines) is 1. The highest BCUT2D eigenvalue weighted by Gasteiger charge is 2.47. The van der Waals surface area contributed by atoms with Crippen molar-refractivity contribution in [3.63, 3.8) is 0 Å². The van der Waals surface area contributed by atoms with E-state index in [4.69, 9.17) is 0 Å². The lowest BCUT2D eigenvalue weighted by Crippen LogP contribution is -2.48. The van der Waals surface area contributed by atoms with Gasteiger partial charge >= 0.3 is 6.18 Å². The van der Waals surface area contributed by atoms with Crippen molar-refractivity contribution >= 4 is 0 Å². The van der Waals surface area contributed by atoms with Crippen LogP contribution in [-0.2, 0) is 0 Å². The van der Waals surface area contributed by atoms with Crippen LogP contribution in [0, 0.1) is 17.8 Å². The monoisotopic (exact) mass is 263 g/mol. The first-order valence-corrected chi connectivity index (χ1v) is 7.18. The summed E-state index contributed by atoms with van der Waals surface area (Å²) in [7, 11) is 0. The van der Waals surface area contributed by atoms with E-state index in [9.17, 15) is 13.2 Å². The molecule has 0 N–H and O–H groups in total. The summed E-state index contributed by atoms with van der Waals surface area (Å²) in [6.07, 6.45) is 1.91. The lowest BCUT2D eigenvalue weighted by atomic mass is 10.00. The summed E-state index contributed by atoms with van der Waals surface area (Å²) < 4.78 is 39.1. The van der Waals surface area contributed by atoms with Crippen molar-refractivity contribution in [2.45, 2.75) is 58.2 Å². The molecule has 0 bridgehead atoms. The maximum Gasteiger partial charge on any atom is 0.404 e. The van der Waals surface area contributed by atoms with Crippen LogP contribution in [0.3, 0.4) is 0 Å². The van der Waals surface area contributed by atoms with Crippen LogP contribution in [0.5, 0.6) is 0 Å². The van der Waals surface area contributed by atoms with E-state index in [1.54, 1.807) is 18.7 Å². The van der Waals surface area contributed by atoms with Gasteiger partial charge in [-0.25, -0.2) is 0 Å². The van der Waals surface area contributed by atoms with Crippen molar-refractivity contribution in [3.8, 4) is 0 Å². The summed E-state index contributed by atoms with van der Waals surface area (Å²) in [6, 6.07) is -1.25. The van der Waals surface area contributed by atoms with Crippen LogP contribution in [0.25, 0.3) is 0 Å². The molecule has 0 radical (unpaired) electrons. The first-order chi connectivity index (χ1) is 8.38. The summed E-state index contributed by atoms with van der Waals surface area (Å²) in [5.74, 6) is 1.03. The van der Waals surface area contributed by atoms with Gasteiger partial charge in [-0.3, -0.25) is 4.90 Å². The Morgan fingerprint density at radius 2 is 1.67 bits per heavy atom. The van der Waals surface area contributed by atoms with Gasteiger partial charge in [0.15, 0.2) is 0 Å². The van der Waals surface area contributed by atoms with Gasteiger partial charge in [0.05, 0.1) is 0 Å². The number of halogens is 3. The Kier molecular flexibility index (Phi) is 4.25. The second-order valence-corrected chi connectivity index (χ2v) is 6.40. The third kappa shape index (κ3) is 3.62. The van der Waals surface area contributed by atoms with Crippen LogP contribution in [0.15, 0.2) is 0 Å². The minimum absolute atomic E-state index is 0.354. The molecular weight excluding hydrogens is 239 g/mol. The highest BCUT2D eigenvalue weighted by atomic mass is 19.4. The lowest BCUT2D eigenvalue weighted by molar-refractivity contribution is -0.192. The van der Waals surface area contributed by atoms with Gasteiger partial charge in [-0.1, -0.05) is 33.1 Å². The summed E-state index contributed by atoms with van der Waals surface area (Å²) in [6.45, 7) is 4.62. The zero-order valence-corrected chi connectivity index (χ0v) is 11.3. The Morgan fingerprint density at radius 1 is 1.06 bits per heavy atom. The first kappa shape index (κ1) is 14.2. The Hall–Kier alpha value is -0.250. The fourth-order valence-electron chi connectivity index (χ4n) is 3.24. The Bertz CT molecular complexity index is 271. The molecule has 2 atom stereocenters. The minimum atomic E-state index is -4.08. The molecule has 1 aliphatic carbocycles. The molecule has 2 unspecified atom stereocenters. The highest BCUT2D eigenvalue weighted by molar-refractivity contribution is 4.88. The summed E-state index contributed by atoms with van der Waals surface area (Å²) in [5, 5.41) is 0. The predicted molar refractivity (Wildman–Crippen MR) is 66.3 cm³/mol. The maximum absolute atomic E-state index is 13.0. The van der Waals surface area contributed by atoms with Gasteiger partial charge in [0.1, 0.15) is 6.04 Å². The molecule has 0 amide bonds. The Labute approximate surface area is 108 Å². The van der Waals surface area contributed by atoms with Gasteiger partial charge < -0.3 is 0 Å². The molecular formula is C14H24F3N. The molecule has 106 valence electrons. The third-order valence-electron chi connectivity index (χ3n) is 4.36. The average Bonchev–Trinajstić information content (AvgIpc) is 2.94. The maximum atomic E-state index is 13.0. The number of hydrogen-bond donors (Lipinski definition) is 0. The Balaban J connectivity index is 1.84. The smallest absolute Gasteiger partial charge is 0.292 e. The van der Waals surface area contributed by atoms with E-state index in [2.05, 4.69) is 0 Å². The van der Waals surface area contributed by atoms with Crippen molar-refractivity contribution in [1.29, 1.82) is 0 Å². The normalized spacial score (nSPS) is 28.0. The van der Waals surface area contributed by atoms with Crippen molar-refractivity contribution in [1.82, 2.24) is 4.90 Å². The molecule has 0 spiro atoms. The molecule has 1 nitrogen and oxygen atoms in total. The number of nitrogens with zero attached hydrogens (tertiary/aromatic N) is 1. The molecule has 2 fully saturated rings. The molecule has 0 aromatic carbocycles. The van der Waals surface area contributed by atoms with Crippen LogP contribution in [-0.4, -0.2) is 30.2 Å². The van der Waals surface area contributed by atoms with Gasteiger partial charge in [-0.15, -0.1) is 0 Å². The van der Waals surface area contributed by atoms with Gasteiger partial charge in [-0.2, -0.15) is 13.2 Å². The molecule has 1 saturated carbocycles. The van der Waals surface area contributed by atoms with Crippen LogP contribution in [0.2, 0.25) is 0 Å². The zero-order valence-electron chi connectivity index (χ0n) is 11.3. The summed E-state index contributed by atoms with van der Waals surface area (Å²) in [4.78, 5) is 1.67. The molecule has 1 aliphatic heterocycles. The van der Waals surface area contributed by atoms with Gasteiger partial charge in [0.25, 0.3) is 0 Å². The molecule has 0 aromatic heterocycles. The Morgan fingerprint density at radius 3 is 2.17 bits per heavy atom. The number of rotatable bonds is 5. The fraction of sp³-hybridized carbons (Fsp3) is 1.00. The quantitative estimate of drug-likeness (QED) is 0.722. The van der Waals surface area contributed by atoms with Crippen molar-refractivity contribution < 1.29 is 13.2 Å². The van der Waals surface area contributed by atoms with E-state index in [-0.39, 0.29) is 5.92 Å². The van der Waals surface area contributed by atoms with Gasteiger partial charge in [-0.05, 0) is 37.1 Å². The van der Waals surface area contributed by atoms with E-state index >= 15 is 0 Å². The standard InChI is InChI=1S/C14H24F3N/c1-10(2)13(14(15,16)17)18-8-7-12(9-18)6-5-11-3-4-11/h10-13H,3-9H2,1-2H3. The van der Waals surface area contributed by atoms with E-state index < -0.39 is 12.2 Å². The van der Waals surface area contributed by atoms with E-state index in [0.717, 1.165) is 18.8 Å². The van der Waals surface area contributed by atoms with Crippen LogP contribution in [0.1, 0.15) is 46.0 Å². The topological polar surface area (TPSA) is 3.24 Å². The zero-order chi connectivity index (χ0) is 13.3. The molecule has 4 heteroatoms. The minimum Gasteiger partial charge on any atom is -0.292 e. The molecule has 1 heterocycles. The highest BCUT2D eigenvalue weighted by Crippen LogP contribution is 2.38. The third-order valence-corrected chi connectivity index (χ3v) is 4.36. The average molecular weight is 263 g/mol. The molecule has 18 heavy (non-hydrogen) atoms. The molecule has 2 rings (SSSR count). The predicted octanol–water partition coefficient (Wildman–Crippen LogP) is 4.09. The number of hydrogen-bond acceptors (Lipinski definition) is 1. The van der Waals surface area contributed by atoms with Crippen LogP contribution in [0.4, 0.5) is 13.2 Å². The van der Waals surface area contributed by atoms with E-state index in [1.165, 1.54) is 19.3 Å². The van der Waals surface area contributed by atoms with Crippen molar-refractivity contribution in [2.24, 2.45) is 17.8 Å². The summed E-state index contributed by atoms with van der Waals surface area (Å²) in [5.41, 5.74) is 0. The lowest BCUT2D eigenvalue weighted by Gasteiger charge is -2.32. The largest absolute Gasteiger partial charge is 0.404 e. The molecule has 1 saturated heterocycles. The van der Waals surface area contributed by atoms with Crippen molar-refractivity contribution in [2.75, 3.05) is 13.1 Å². The SMILES string of the molecule is CC(C)C(N1CCC(CCC2CC2)C1)C(F)(F)F. The van der Waals surface area contributed by atoms with Crippen LogP contribution < -0.4 is 0 Å². The van der Waals surface area contributed by atoms with Crippen LogP contribution >= 0.6 is 0 Å². The van der Waals surface area contributed by atoms with Gasteiger partial charge in [0.2, 0.25) is 0 Å². The first-order valence-electron chi connectivity index (χ1n) is 7.18. The second kappa shape index (κ2) is 5.40. The fourth-order valence-corrected chi connectivity index (χ4v) is 3.24. The van der Waals surface area contributed by atoms with Gasteiger partial charge in [0, 0.05) is 6.54 Å². The van der Waals surface area contributed by atoms with Crippen molar-refractivity contribution in [3.05, 3.63) is 0 Å². The van der Waals surface area contributed by atoms with E-state index in [0.29, 0.717) is 19.0 Å². The second-order valence-electron chi connectivity index (χ2n) is 6.40. The molecule has 0 aromatic rings. The summed E-state index contributed by atoms with van der Waals surface area (Å²) >= 11 is 0.